The van der Waals surface area contributed by atoms with Crippen LogP contribution in [-0.4, -0.2) is 24.4 Å². The van der Waals surface area contributed by atoms with Gasteiger partial charge in [-0.05, 0) is 30.5 Å². The number of ether oxygens (including phenoxy) is 2. The van der Waals surface area contributed by atoms with E-state index in [0.717, 1.165) is 10.8 Å². The van der Waals surface area contributed by atoms with Crippen molar-refractivity contribution in [2.45, 2.75) is 44.9 Å². The number of hydrogen-bond donors (Lipinski definition) is 0. The minimum atomic E-state index is -4.89. The van der Waals surface area contributed by atoms with E-state index in [1.54, 1.807) is 12.1 Å². The summed E-state index contributed by atoms with van der Waals surface area (Å²) < 4.78 is 51.9. The zero-order valence-electron chi connectivity index (χ0n) is 15.2. The maximum Gasteiger partial charge on any atom is 0.443 e. The Morgan fingerprint density at radius 1 is 1.11 bits per heavy atom. The molecule has 0 bridgehead atoms. The van der Waals surface area contributed by atoms with Crippen molar-refractivity contribution in [2.75, 3.05) is 6.61 Å². The second-order valence-electron chi connectivity index (χ2n) is 6.44. The van der Waals surface area contributed by atoms with E-state index in [2.05, 4.69) is 0 Å². The summed E-state index contributed by atoms with van der Waals surface area (Å²) in [5.41, 5.74) is -2.50. The number of esters is 1. The van der Waals surface area contributed by atoms with Crippen LogP contribution in [0.2, 0.25) is 0 Å². The third-order valence-corrected chi connectivity index (χ3v) is 4.73. The Kier molecular flexibility index (Phi) is 5.18. The number of unbranched alkanes of at least 4 members (excludes halogenated alkanes) is 1. The lowest BCUT2D eigenvalue weighted by Gasteiger charge is -2.44. The Balaban J connectivity index is 2.20. The summed E-state index contributed by atoms with van der Waals surface area (Å²) in [6.07, 6.45) is -3.56. The quantitative estimate of drug-likeness (QED) is 0.611. The van der Waals surface area contributed by atoms with Crippen LogP contribution in [0.1, 0.15) is 38.7 Å². The molecule has 27 heavy (non-hydrogen) atoms. The van der Waals surface area contributed by atoms with Crippen molar-refractivity contribution in [2.24, 2.45) is 0 Å². The Bertz CT molecular complexity index is 880. The fraction of sp³-hybridized carbons (Fsp3) is 0.381. The van der Waals surface area contributed by atoms with Gasteiger partial charge in [-0.15, -0.1) is 0 Å². The Morgan fingerprint density at radius 2 is 1.81 bits per heavy atom. The van der Waals surface area contributed by atoms with Crippen molar-refractivity contribution in [1.29, 1.82) is 0 Å². The first-order valence-corrected chi connectivity index (χ1v) is 9.01. The molecule has 1 atom stereocenters. The molecule has 2 aromatic rings. The lowest BCUT2D eigenvalue weighted by Crippen LogP contribution is -2.61. The molecule has 144 valence electrons. The topological polar surface area (TPSA) is 35.5 Å². The van der Waals surface area contributed by atoms with E-state index in [4.69, 9.17) is 9.47 Å². The average molecular weight is 378 g/mol. The van der Waals surface area contributed by atoms with Gasteiger partial charge in [-0.1, -0.05) is 55.8 Å². The van der Waals surface area contributed by atoms with Crippen molar-refractivity contribution in [3.8, 4) is 0 Å². The first-order valence-electron chi connectivity index (χ1n) is 9.01. The lowest BCUT2D eigenvalue weighted by molar-refractivity contribution is -0.259. The molecule has 2 aromatic carbocycles. The first kappa shape index (κ1) is 19.3. The highest BCUT2D eigenvalue weighted by Crippen LogP contribution is 2.55. The third kappa shape index (κ3) is 3.07. The predicted molar refractivity (Wildman–Crippen MR) is 96.9 cm³/mol. The highest BCUT2D eigenvalue weighted by atomic mass is 19.4. The molecule has 0 saturated heterocycles. The fourth-order valence-corrected chi connectivity index (χ4v) is 3.42. The molecule has 0 saturated carbocycles. The highest BCUT2D eigenvalue weighted by molar-refractivity contribution is 5.99. The summed E-state index contributed by atoms with van der Waals surface area (Å²) in [6.45, 7) is 3.21. The number of halogens is 3. The van der Waals surface area contributed by atoms with Gasteiger partial charge in [0.2, 0.25) is 0 Å². The molecule has 0 amide bonds. The molecule has 0 aromatic heterocycles. The number of rotatable bonds is 6. The standard InChI is InChI=1S/C21H21F3O3/c1-3-5-13-17-18(16-12-8-10-14-9-6-7-11-15(14)16)27-20(17,21(22,23)24)19(25)26-4-2/h6-12H,3-5,13H2,1-2H3/t20-/m1/s1. The summed E-state index contributed by atoms with van der Waals surface area (Å²) in [6, 6.07) is 12.8. The number of benzene rings is 2. The van der Waals surface area contributed by atoms with Crippen LogP contribution >= 0.6 is 0 Å². The monoisotopic (exact) mass is 378 g/mol. The van der Waals surface area contributed by atoms with Crippen LogP contribution in [0.15, 0.2) is 48.0 Å². The number of carbonyl (C=O) groups is 1. The van der Waals surface area contributed by atoms with Crippen LogP contribution in [0.25, 0.3) is 16.5 Å². The molecule has 0 aliphatic carbocycles. The van der Waals surface area contributed by atoms with Gasteiger partial charge in [-0.25, -0.2) is 4.79 Å². The summed E-state index contributed by atoms with van der Waals surface area (Å²) >= 11 is 0. The molecule has 1 aliphatic heterocycles. The van der Waals surface area contributed by atoms with E-state index in [1.807, 2.05) is 37.3 Å². The van der Waals surface area contributed by atoms with Crippen molar-refractivity contribution >= 4 is 22.5 Å². The fourth-order valence-electron chi connectivity index (χ4n) is 3.42. The summed E-state index contributed by atoms with van der Waals surface area (Å²) in [5.74, 6) is -1.27. The first-order chi connectivity index (χ1) is 12.9. The molecule has 1 heterocycles. The van der Waals surface area contributed by atoms with Gasteiger partial charge >= 0.3 is 17.7 Å². The van der Waals surface area contributed by atoms with E-state index in [9.17, 15) is 18.0 Å². The number of hydrogen-bond acceptors (Lipinski definition) is 3. The summed E-state index contributed by atoms with van der Waals surface area (Å²) in [4.78, 5) is 12.3. The van der Waals surface area contributed by atoms with Gasteiger partial charge in [0, 0.05) is 11.1 Å². The van der Waals surface area contributed by atoms with Gasteiger partial charge in [0.15, 0.2) is 0 Å². The number of carbonyl (C=O) groups excluding carboxylic acids is 1. The molecule has 0 unspecified atom stereocenters. The highest BCUT2D eigenvalue weighted by Gasteiger charge is 2.72. The van der Waals surface area contributed by atoms with Crippen LogP contribution in [0, 0.1) is 0 Å². The predicted octanol–water partition coefficient (Wildman–Crippen LogP) is 5.64. The zero-order valence-corrected chi connectivity index (χ0v) is 15.2. The van der Waals surface area contributed by atoms with Gasteiger partial charge in [-0.3, -0.25) is 0 Å². The molecule has 0 fully saturated rings. The molecule has 3 rings (SSSR count). The zero-order chi connectivity index (χ0) is 19.7. The molecule has 0 radical (unpaired) electrons. The Hall–Kier alpha value is -2.50. The van der Waals surface area contributed by atoms with Gasteiger partial charge in [0.25, 0.3) is 0 Å². The lowest BCUT2D eigenvalue weighted by atomic mass is 9.80. The largest absolute Gasteiger partial charge is 0.463 e. The van der Waals surface area contributed by atoms with Gasteiger partial charge < -0.3 is 9.47 Å². The van der Waals surface area contributed by atoms with Crippen molar-refractivity contribution in [3.05, 3.63) is 53.6 Å². The second kappa shape index (κ2) is 7.25. The normalized spacial score (nSPS) is 19.6. The van der Waals surface area contributed by atoms with Crippen LogP contribution < -0.4 is 0 Å². The molecule has 0 N–H and O–H groups in total. The minimum absolute atomic E-state index is 0.0494. The van der Waals surface area contributed by atoms with Gasteiger partial charge in [0.1, 0.15) is 5.76 Å². The maximum atomic E-state index is 14.0. The average Bonchev–Trinajstić information content (AvgIpc) is 2.61. The second-order valence-corrected chi connectivity index (χ2v) is 6.44. The van der Waals surface area contributed by atoms with Gasteiger partial charge in [-0.2, -0.15) is 13.2 Å². The van der Waals surface area contributed by atoms with E-state index >= 15 is 0 Å². The molecule has 6 heteroatoms. The van der Waals surface area contributed by atoms with Crippen LogP contribution in [0.5, 0.6) is 0 Å². The number of alkyl halides is 3. The van der Waals surface area contributed by atoms with Crippen LogP contribution in [0.3, 0.4) is 0 Å². The molecule has 3 nitrogen and oxygen atoms in total. The summed E-state index contributed by atoms with van der Waals surface area (Å²) in [5, 5.41) is 1.67. The van der Waals surface area contributed by atoms with Crippen LogP contribution in [0.4, 0.5) is 13.2 Å². The Labute approximate surface area is 155 Å². The smallest absolute Gasteiger partial charge is 0.443 e. The molecular formula is C21H21F3O3. The van der Waals surface area contributed by atoms with E-state index in [-0.39, 0.29) is 24.4 Å². The summed E-state index contributed by atoms with van der Waals surface area (Å²) in [7, 11) is 0. The minimum Gasteiger partial charge on any atom is -0.463 e. The third-order valence-electron chi connectivity index (χ3n) is 4.73. The van der Waals surface area contributed by atoms with Gasteiger partial charge in [0.05, 0.1) is 6.61 Å². The van der Waals surface area contributed by atoms with E-state index < -0.39 is 17.7 Å². The van der Waals surface area contributed by atoms with E-state index in [1.165, 1.54) is 6.92 Å². The van der Waals surface area contributed by atoms with Crippen molar-refractivity contribution < 1.29 is 27.4 Å². The van der Waals surface area contributed by atoms with E-state index in [0.29, 0.717) is 18.4 Å². The van der Waals surface area contributed by atoms with Crippen molar-refractivity contribution in [3.63, 3.8) is 0 Å². The maximum absolute atomic E-state index is 14.0. The number of fused-ring (bicyclic) bond motifs is 1. The molecule has 0 spiro atoms. The van der Waals surface area contributed by atoms with Crippen molar-refractivity contribution in [1.82, 2.24) is 0 Å². The SMILES string of the molecule is CCCCC1=C(c2cccc3ccccc23)O[C@]1(C(=O)OCC)C(F)(F)F. The molecule has 1 aliphatic rings. The Morgan fingerprint density at radius 3 is 2.48 bits per heavy atom. The van der Waals surface area contributed by atoms with Crippen LogP contribution in [-0.2, 0) is 14.3 Å². The molecular weight excluding hydrogens is 357 g/mol.